The van der Waals surface area contributed by atoms with Gasteiger partial charge in [-0.05, 0) is 60.2 Å². The van der Waals surface area contributed by atoms with Gasteiger partial charge in [-0.3, -0.25) is 19.2 Å². The first-order valence-corrected chi connectivity index (χ1v) is 15.3. The van der Waals surface area contributed by atoms with Crippen molar-refractivity contribution in [1.82, 2.24) is 4.98 Å². The van der Waals surface area contributed by atoms with Crippen LogP contribution in [0.2, 0.25) is 5.02 Å². The summed E-state index contributed by atoms with van der Waals surface area (Å²) < 4.78 is 50.2. The molecule has 0 bridgehead atoms. The normalized spacial score (nSPS) is 19.2. The van der Waals surface area contributed by atoms with E-state index in [2.05, 4.69) is 10.3 Å². The maximum absolute atomic E-state index is 13.9. The first-order valence-electron chi connectivity index (χ1n) is 13.3. The van der Waals surface area contributed by atoms with Crippen LogP contribution in [0.25, 0.3) is 0 Å². The Morgan fingerprint density at radius 2 is 1.78 bits per heavy atom. The summed E-state index contributed by atoms with van der Waals surface area (Å²) in [6, 6.07) is 15.3. The Bertz CT molecular complexity index is 1880. The van der Waals surface area contributed by atoms with E-state index in [4.69, 9.17) is 21.1 Å². The number of nitrogens with one attached hydrogen (secondary N) is 2. The second-order valence-corrected chi connectivity index (χ2v) is 12.7. The molecule has 3 heterocycles. The number of carbonyl (C=O) groups is 3. The van der Waals surface area contributed by atoms with Crippen LogP contribution in [0, 0.1) is 5.92 Å². The van der Waals surface area contributed by atoms with Crippen molar-refractivity contribution in [2.45, 2.75) is 22.4 Å². The SMILES string of the molecule is COc1cc([C@H]2c3sc(=O)[nH]c3SC3C(=O)N(c4ccc(Cl)cc4)C(=O)C32)ccc1OCC(=O)Nc1cccc(C(F)(F)F)c1. The molecule has 3 aromatic carbocycles. The fourth-order valence-corrected chi connectivity index (χ4v) is 7.97. The highest BCUT2D eigenvalue weighted by Crippen LogP contribution is 2.53. The fraction of sp³-hybridized carbons (Fsp3) is 0.200. The quantitative estimate of drug-likeness (QED) is 0.233. The van der Waals surface area contributed by atoms with E-state index >= 15 is 0 Å². The number of aromatic amines is 1. The van der Waals surface area contributed by atoms with E-state index in [1.807, 2.05) is 0 Å². The smallest absolute Gasteiger partial charge is 0.416 e. The van der Waals surface area contributed by atoms with Crippen LogP contribution >= 0.6 is 34.7 Å². The Labute approximate surface area is 266 Å². The summed E-state index contributed by atoms with van der Waals surface area (Å²) in [5.74, 6) is -2.72. The summed E-state index contributed by atoms with van der Waals surface area (Å²) in [5, 5.41) is 2.52. The van der Waals surface area contributed by atoms with Gasteiger partial charge in [0.15, 0.2) is 18.1 Å². The lowest BCUT2D eigenvalue weighted by atomic mass is 9.83. The number of amides is 3. The third-order valence-electron chi connectivity index (χ3n) is 7.29. The third-order valence-corrected chi connectivity index (χ3v) is 9.94. The standard InChI is InChI=1S/C30H21ClF3N3O6S2/c1-42-20-11-14(5-10-19(20)43-13-21(38)35-17-4-2-3-15(12-17)30(32,33)34)22-23-25(44-26-24(22)45-29(41)36-26)28(40)37(27(23)39)18-8-6-16(31)7-9-18/h2-12,22-23,25H,13H2,1H3,(H,35,38)(H,36,41)/t22-,23?,25?/m1/s1. The lowest BCUT2D eigenvalue weighted by molar-refractivity contribution is -0.137. The molecule has 0 spiro atoms. The number of methoxy groups -OCH3 is 1. The predicted molar refractivity (Wildman–Crippen MR) is 162 cm³/mol. The van der Waals surface area contributed by atoms with Crippen LogP contribution in [-0.2, 0) is 20.6 Å². The van der Waals surface area contributed by atoms with Crippen molar-refractivity contribution in [1.29, 1.82) is 0 Å². The molecule has 232 valence electrons. The molecule has 4 aromatic rings. The van der Waals surface area contributed by atoms with Crippen molar-refractivity contribution in [3.05, 3.63) is 97.4 Å². The number of ether oxygens (including phenoxy) is 2. The number of hydrogen-bond donors (Lipinski definition) is 2. The molecule has 1 aromatic heterocycles. The topological polar surface area (TPSA) is 118 Å². The highest BCUT2D eigenvalue weighted by molar-refractivity contribution is 8.00. The zero-order chi connectivity index (χ0) is 32.0. The number of anilines is 2. The molecular weight excluding hydrogens is 655 g/mol. The number of halogens is 4. The Morgan fingerprint density at radius 3 is 2.49 bits per heavy atom. The van der Waals surface area contributed by atoms with E-state index in [-0.39, 0.29) is 22.1 Å². The Hall–Kier alpha value is -4.27. The number of thioether (sulfide) groups is 1. The van der Waals surface area contributed by atoms with E-state index in [0.29, 0.717) is 26.2 Å². The van der Waals surface area contributed by atoms with Gasteiger partial charge >= 0.3 is 11.0 Å². The van der Waals surface area contributed by atoms with Crippen molar-refractivity contribution >= 4 is 63.8 Å². The molecule has 6 rings (SSSR count). The minimum absolute atomic E-state index is 0.0461. The molecule has 2 N–H and O–H groups in total. The lowest BCUT2D eigenvalue weighted by Crippen LogP contribution is -2.32. The van der Waals surface area contributed by atoms with Crippen LogP contribution in [0.5, 0.6) is 11.5 Å². The van der Waals surface area contributed by atoms with Gasteiger partial charge in [-0.2, -0.15) is 13.2 Å². The molecule has 2 aliphatic rings. The van der Waals surface area contributed by atoms with E-state index < -0.39 is 53.2 Å². The number of alkyl halides is 3. The minimum Gasteiger partial charge on any atom is -0.493 e. The maximum atomic E-state index is 13.9. The number of carbonyl (C=O) groups excluding carboxylic acids is 3. The van der Waals surface area contributed by atoms with Crippen LogP contribution in [0.1, 0.15) is 21.9 Å². The number of imide groups is 1. The number of nitrogens with zero attached hydrogens (tertiary/aromatic N) is 1. The lowest BCUT2D eigenvalue weighted by Gasteiger charge is -2.30. The number of H-pyrrole nitrogens is 1. The van der Waals surface area contributed by atoms with Crippen LogP contribution in [0.3, 0.4) is 0 Å². The van der Waals surface area contributed by atoms with Gasteiger partial charge in [0.05, 0.1) is 29.3 Å². The van der Waals surface area contributed by atoms with Crippen molar-refractivity contribution in [2.24, 2.45) is 5.92 Å². The molecule has 3 atom stereocenters. The monoisotopic (exact) mass is 675 g/mol. The molecule has 2 aliphatic heterocycles. The summed E-state index contributed by atoms with van der Waals surface area (Å²) >= 11 is 8.10. The number of rotatable bonds is 7. The molecule has 0 aliphatic carbocycles. The highest BCUT2D eigenvalue weighted by atomic mass is 35.5. The van der Waals surface area contributed by atoms with Crippen LogP contribution in [0.4, 0.5) is 24.5 Å². The number of thiazole rings is 1. The molecule has 0 radical (unpaired) electrons. The summed E-state index contributed by atoms with van der Waals surface area (Å²) in [7, 11) is 1.38. The molecule has 0 saturated carbocycles. The van der Waals surface area contributed by atoms with E-state index in [9.17, 15) is 32.3 Å². The van der Waals surface area contributed by atoms with Crippen molar-refractivity contribution in [3.63, 3.8) is 0 Å². The van der Waals surface area contributed by atoms with Crippen molar-refractivity contribution in [2.75, 3.05) is 23.9 Å². The van der Waals surface area contributed by atoms with Crippen LogP contribution in [-0.4, -0.2) is 41.7 Å². The molecular formula is C30H21ClF3N3O6S2. The molecule has 3 amide bonds. The Morgan fingerprint density at radius 1 is 1.02 bits per heavy atom. The fourth-order valence-electron chi connectivity index (χ4n) is 5.33. The minimum atomic E-state index is -4.56. The molecule has 1 fully saturated rings. The Balaban J connectivity index is 1.26. The average molecular weight is 676 g/mol. The first-order chi connectivity index (χ1) is 21.4. The molecule has 2 unspecified atom stereocenters. The van der Waals surface area contributed by atoms with Gasteiger partial charge in [0.2, 0.25) is 11.8 Å². The van der Waals surface area contributed by atoms with E-state index in [0.717, 1.165) is 40.1 Å². The average Bonchev–Trinajstić information content (AvgIpc) is 3.50. The number of hydrogen-bond acceptors (Lipinski definition) is 8. The molecule has 45 heavy (non-hydrogen) atoms. The third kappa shape index (κ3) is 5.92. The van der Waals surface area contributed by atoms with Gasteiger partial charge in [0, 0.05) is 21.5 Å². The van der Waals surface area contributed by atoms with Gasteiger partial charge < -0.3 is 19.8 Å². The highest BCUT2D eigenvalue weighted by Gasteiger charge is 2.56. The maximum Gasteiger partial charge on any atom is 0.416 e. The van der Waals surface area contributed by atoms with Gasteiger partial charge in [-0.1, -0.05) is 46.8 Å². The number of fused-ring (bicyclic) bond motifs is 2. The first kappa shape index (κ1) is 30.7. The van der Waals surface area contributed by atoms with Crippen molar-refractivity contribution < 1.29 is 37.0 Å². The number of aromatic nitrogens is 1. The summed E-state index contributed by atoms with van der Waals surface area (Å²) in [6.45, 7) is -0.538. The largest absolute Gasteiger partial charge is 0.493 e. The summed E-state index contributed by atoms with van der Waals surface area (Å²) in [5.41, 5.74) is -0.00500. The van der Waals surface area contributed by atoms with Gasteiger partial charge in [-0.15, -0.1) is 0 Å². The summed E-state index contributed by atoms with van der Waals surface area (Å²) in [6.07, 6.45) is -4.56. The molecule has 15 heteroatoms. The van der Waals surface area contributed by atoms with E-state index in [1.165, 1.54) is 25.3 Å². The predicted octanol–water partition coefficient (Wildman–Crippen LogP) is 5.93. The molecule has 1 saturated heterocycles. The second kappa shape index (κ2) is 11.9. The second-order valence-electron chi connectivity index (χ2n) is 10.1. The van der Waals surface area contributed by atoms with Gasteiger partial charge in [0.1, 0.15) is 5.25 Å². The van der Waals surface area contributed by atoms with Crippen LogP contribution in [0.15, 0.2) is 76.6 Å². The molecule has 9 nitrogen and oxygen atoms in total. The van der Waals surface area contributed by atoms with Gasteiger partial charge in [-0.25, -0.2) is 4.90 Å². The van der Waals surface area contributed by atoms with Crippen molar-refractivity contribution in [3.8, 4) is 11.5 Å². The zero-order valence-electron chi connectivity index (χ0n) is 23.0. The van der Waals surface area contributed by atoms with Crippen LogP contribution < -0.4 is 24.6 Å². The van der Waals surface area contributed by atoms with E-state index in [1.54, 1.807) is 36.4 Å². The number of benzene rings is 3. The zero-order valence-corrected chi connectivity index (χ0v) is 25.4. The van der Waals surface area contributed by atoms with Gasteiger partial charge in [0.25, 0.3) is 5.91 Å². The Kier molecular flexibility index (Phi) is 8.14. The summed E-state index contributed by atoms with van der Waals surface area (Å²) in [4.78, 5) is 56.5.